The second-order valence-corrected chi connectivity index (χ2v) is 5.24. The van der Waals surface area contributed by atoms with Crippen molar-refractivity contribution in [2.75, 3.05) is 0 Å². The Hall–Kier alpha value is -0.677. The molecule has 0 N–H and O–H groups in total. The van der Waals surface area contributed by atoms with Gasteiger partial charge in [0.15, 0.2) is 0 Å². The molecule has 0 spiro atoms. The van der Waals surface area contributed by atoms with Gasteiger partial charge < -0.3 is 14.9 Å². The van der Waals surface area contributed by atoms with Gasteiger partial charge in [-0.05, 0) is 60.8 Å². The molecule has 0 saturated carbocycles. The molecule has 21 heavy (non-hydrogen) atoms. The van der Waals surface area contributed by atoms with Gasteiger partial charge in [-0.2, -0.15) is 0 Å². The Balaban J connectivity index is 0.000000333. The third-order valence-electron chi connectivity index (χ3n) is 4.02. The first kappa shape index (κ1) is 20.3. The molecule has 2 aliphatic carbocycles. The molecule has 0 amide bonds. The Kier molecular flexibility index (Phi) is 9.79. The van der Waals surface area contributed by atoms with Crippen LogP contribution in [0.25, 0.3) is 0 Å². The summed E-state index contributed by atoms with van der Waals surface area (Å²) in [6.07, 6.45) is 7.93. The Labute approximate surface area is 150 Å². The van der Waals surface area contributed by atoms with Crippen molar-refractivity contribution < 1.29 is 26.2 Å². The van der Waals surface area contributed by atoms with Crippen molar-refractivity contribution in [2.24, 2.45) is 0 Å². The number of fused-ring (bicyclic) bond motifs is 2. The van der Waals surface area contributed by atoms with Gasteiger partial charge in [0, 0.05) is 0 Å². The molecule has 0 radical (unpaired) electrons. The van der Waals surface area contributed by atoms with Crippen LogP contribution in [0.4, 0.5) is 0 Å². The summed E-state index contributed by atoms with van der Waals surface area (Å²) in [5.74, 6) is 0. The molecule has 0 aromatic heterocycles. The van der Waals surface area contributed by atoms with E-state index in [0.29, 0.717) is 0 Å². The molecule has 0 unspecified atom stereocenters. The maximum atomic E-state index is 2.24. The van der Waals surface area contributed by atoms with Gasteiger partial charge in [-0.15, -0.1) is 0 Å². The van der Waals surface area contributed by atoms with Gasteiger partial charge in [0.1, 0.15) is 0 Å². The zero-order valence-corrected chi connectivity index (χ0v) is 15.8. The van der Waals surface area contributed by atoms with E-state index in [2.05, 4.69) is 48.5 Å². The van der Waals surface area contributed by atoms with Gasteiger partial charge >= 0.3 is 26.2 Å². The topological polar surface area (TPSA) is 0 Å². The largest absolute Gasteiger partial charge is 4.00 e. The molecule has 0 aliphatic heterocycles. The van der Waals surface area contributed by atoms with E-state index in [4.69, 9.17) is 0 Å². The van der Waals surface area contributed by atoms with E-state index in [-0.39, 0.29) is 41.1 Å². The van der Waals surface area contributed by atoms with Crippen LogP contribution >= 0.6 is 0 Å². The predicted octanol–water partition coefficient (Wildman–Crippen LogP) is 5.25. The molecular weight excluding hydrogens is 331 g/mol. The van der Waals surface area contributed by atoms with Crippen molar-refractivity contribution in [1.82, 2.24) is 0 Å². The molecule has 2 aromatic rings. The summed E-state index contributed by atoms with van der Waals surface area (Å²) in [5, 5.41) is 0. The molecule has 0 bridgehead atoms. The summed E-state index contributed by atoms with van der Waals surface area (Å²) < 4.78 is 0. The monoisotopic (exact) mass is 356 g/mol. The van der Waals surface area contributed by atoms with Crippen molar-refractivity contribution in [1.29, 1.82) is 0 Å². The van der Waals surface area contributed by atoms with Gasteiger partial charge in [0.2, 0.25) is 0 Å². The molecule has 0 saturated heterocycles. The molecule has 4 rings (SSSR count). The first-order valence-electron chi connectivity index (χ1n) is 7.07. The first-order chi connectivity index (χ1) is 8.93. The van der Waals surface area contributed by atoms with Crippen LogP contribution in [0.2, 0.25) is 0 Å². The number of benzene rings is 2. The Morgan fingerprint density at radius 1 is 0.476 bits per heavy atom. The summed E-state index contributed by atoms with van der Waals surface area (Å²) in [6, 6.07) is 17.5. The van der Waals surface area contributed by atoms with E-state index in [1.807, 2.05) is 0 Å². The standard InChI is InChI=1S/2C9H10.2CH3.Zr/c2*1-2-5-9-7-3-6-8(9)4-1;;;/h2*1-2,4-5H,3,6-7H2;2*1H3;/q;;2*-1;+4. The van der Waals surface area contributed by atoms with Crippen LogP contribution in [0.3, 0.4) is 0 Å². The molecule has 0 atom stereocenters. The van der Waals surface area contributed by atoms with E-state index < -0.39 is 0 Å². The van der Waals surface area contributed by atoms with Crippen LogP contribution in [0, 0.1) is 14.9 Å². The summed E-state index contributed by atoms with van der Waals surface area (Å²) in [5.41, 5.74) is 6.27. The zero-order chi connectivity index (χ0) is 12.2. The number of aryl methyl sites for hydroxylation is 4. The minimum atomic E-state index is 0. The smallest absolute Gasteiger partial charge is 0.358 e. The minimum Gasteiger partial charge on any atom is -0.358 e. The molecule has 0 fully saturated rings. The quantitative estimate of drug-likeness (QED) is 0.565. The Morgan fingerprint density at radius 3 is 0.952 bits per heavy atom. The van der Waals surface area contributed by atoms with Crippen molar-refractivity contribution >= 4 is 0 Å². The second-order valence-electron chi connectivity index (χ2n) is 5.24. The van der Waals surface area contributed by atoms with Gasteiger partial charge in [-0.3, -0.25) is 0 Å². The zero-order valence-electron chi connectivity index (χ0n) is 13.4. The molecule has 0 nitrogen and oxygen atoms in total. The van der Waals surface area contributed by atoms with Crippen LogP contribution in [0.15, 0.2) is 48.5 Å². The minimum absolute atomic E-state index is 0. The van der Waals surface area contributed by atoms with E-state index in [1.54, 1.807) is 22.3 Å². The molecular formula is C20H26Zr+2. The molecule has 2 aromatic carbocycles. The van der Waals surface area contributed by atoms with Crippen LogP contribution in [-0.2, 0) is 51.9 Å². The SMILES string of the molecule is [CH3-].[CH3-].[Zr+4].c1ccc2c(c1)CCC2.c1ccc2c(c1)CCC2. The molecule has 2 aliphatic rings. The maximum absolute atomic E-state index is 2.24. The van der Waals surface area contributed by atoms with Gasteiger partial charge in [-0.1, -0.05) is 48.5 Å². The molecule has 1 heteroatoms. The van der Waals surface area contributed by atoms with Gasteiger partial charge in [0.05, 0.1) is 0 Å². The van der Waals surface area contributed by atoms with E-state index in [0.717, 1.165) is 0 Å². The Bertz CT molecular complexity index is 435. The Morgan fingerprint density at radius 2 is 0.714 bits per heavy atom. The third kappa shape index (κ3) is 5.22. The van der Waals surface area contributed by atoms with Crippen LogP contribution < -0.4 is 0 Å². The van der Waals surface area contributed by atoms with Crippen molar-refractivity contribution in [3.05, 3.63) is 85.6 Å². The third-order valence-corrected chi connectivity index (χ3v) is 4.02. The van der Waals surface area contributed by atoms with Gasteiger partial charge in [0.25, 0.3) is 0 Å². The van der Waals surface area contributed by atoms with E-state index >= 15 is 0 Å². The number of hydrogen-bond donors (Lipinski definition) is 0. The van der Waals surface area contributed by atoms with E-state index in [9.17, 15) is 0 Å². The normalized spacial score (nSPS) is 13.3. The number of rotatable bonds is 0. The van der Waals surface area contributed by atoms with Crippen LogP contribution in [-0.4, -0.2) is 0 Å². The summed E-state index contributed by atoms with van der Waals surface area (Å²) >= 11 is 0. The second kappa shape index (κ2) is 10.1. The molecule has 108 valence electrons. The average Bonchev–Trinajstić information content (AvgIpc) is 3.08. The predicted molar refractivity (Wildman–Crippen MR) is 89.8 cm³/mol. The van der Waals surface area contributed by atoms with Gasteiger partial charge in [-0.25, -0.2) is 0 Å². The van der Waals surface area contributed by atoms with Crippen molar-refractivity contribution in [2.45, 2.75) is 38.5 Å². The first-order valence-corrected chi connectivity index (χ1v) is 7.07. The molecule has 0 heterocycles. The van der Waals surface area contributed by atoms with Crippen molar-refractivity contribution in [3.8, 4) is 0 Å². The van der Waals surface area contributed by atoms with Crippen molar-refractivity contribution in [3.63, 3.8) is 0 Å². The summed E-state index contributed by atoms with van der Waals surface area (Å²) in [4.78, 5) is 0. The van der Waals surface area contributed by atoms with Crippen LogP contribution in [0.5, 0.6) is 0 Å². The van der Waals surface area contributed by atoms with E-state index in [1.165, 1.54) is 38.5 Å². The summed E-state index contributed by atoms with van der Waals surface area (Å²) in [7, 11) is 0. The fraction of sp³-hybridized carbons (Fsp3) is 0.300. The fourth-order valence-electron chi connectivity index (χ4n) is 3.03. The average molecular weight is 358 g/mol. The van der Waals surface area contributed by atoms with Crippen LogP contribution in [0.1, 0.15) is 35.1 Å². The fourth-order valence-corrected chi connectivity index (χ4v) is 3.03. The number of hydrogen-bond acceptors (Lipinski definition) is 0. The maximum Gasteiger partial charge on any atom is 4.00 e. The summed E-state index contributed by atoms with van der Waals surface area (Å²) in [6.45, 7) is 0.